The first-order chi connectivity index (χ1) is 8.77. The van der Waals surface area contributed by atoms with Crippen LogP contribution in [0.3, 0.4) is 0 Å². The van der Waals surface area contributed by atoms with Crippen molar-refractivity contribution in [1.29, 1.82) is 0 Å². The third-order valence-electron chi connectivity index (χ3n) is 2.10. The first kappa shape index (κ1) is 16.2. The number of carbonyl (C=O) groups is 1. The van der Waals surface area contributed by atoms with Gasteiger partial charge in [0.2, 0.25) is 0 Å². The quantitative estimate of drug-likeness (QED) is 0.660. The third-order valence-corrected chi connectivity index (χ3v) is 3.64. The zero-order valence-electron chi connectivity index (χ0n) is 9.74. The zero-order chi connectivity index (χ0) is 14.6. The average Bonchev–Trinajstić information content (AvgIpc) is 2.30. The molecule has 0 aliphatic carbocycles. The molecule has 0 heterocycles. The van der Waals surface area contributed by atoms with E-state index in [1.54, 1.807) is 0 Å². The lowest BCUT2D eigenvalue weighted by atomic mass is 10.2. The highest BCUT2D eigenvalue weighted by Gasteiger charge is 2.23. The highest BCUT2D eigenvalue weighted by molar-refractivity contribution is 8.13. The Morgan fingerprint density at radius 2 is 2.11 bits per heavy atom. The van der Waals surface area contributed by atoms with Crippen LogP contribution in [0, 0.1) is 5.82 Å². The molecule has 0 saturated heterocycles. The molecule has 1 rings (SSSR count). The summed E-state index contributed by atoms with van der Waals surface area (Å²) in [5, 5.41) is 2.23. The minimum Gasteiger partial charge on any atom is -0.383 e. The van der Waals surface area contributed by atoms with E-state index in [2.05, 4.69) is 5.32 Å². The van der Waals surface area contributed by atoms with Crippen LogP contribution in [0.2, 0.25) is 5.02 Å². The summed E-state index contributed by atoms with van der Waals surface area (Å²) in [6, 6.07) is 1.86. The van der Waals surface area contributed by atoms with Crippen molar-refractivity contribution >= 4 is 37.2 Å². The number of ether oxygens (including phenoxy) is 1. The highest BCUT2D eigenvalue weighted by atomic mass is 35.7. The van der Waals surface area contributed by atoms with Crippen molar-refractivity contribution in [2.45, 2.75) is 4.90 Å². The van der Waals surface area contributed by atoms with E-state index in [-0.39, 0.29) is 18.2 Å². The molecule has 0 saturated carbocycles. The number of halogens is 3. The van der Waals surface area contributed by atoms with Gasteiger partial charge in [-0.2, -0.15) is 0 Å². The zero-order valence-corrected chi connectivity index (χ0v) is 12.1. The van der Waals surface area contributed by atoms with E-state index >= 15 is 0 Å². The summed E-state index contributed by atoms with van der Waals surface area (Å²) in [6.07, 6.45) is 0. The number of nitrogens with one attached hydrogen (secondary N) is 1. The van der Waals surface area contributed by atoms with Crippen LogP contribution in [0.4, 0.5) is 4.39 Å². The molecule has 0 fully saturated rings. The van der Waals surface area contributed by atoms with Gasteiger partial charge < -0.3 is 10.1 Å². The van der Waals surface area contributed by atoms with Crippen molar-refractivity contribution in [3.63, 3.8) is 0 Å². The Morgan fingerprint density at radius 1 is 1.47 bits per heavy atom. The Kier molecular flexibility index (Phi) is 5.54. The minimum atomic E-state index is -4.33. The second-order valence-electron chi connectivity index (χ2n) is 3.45. The fourth-order valence-electron chi connectivity index (χ4n) is 1.27. The van der Waals surface area contributed by atoms with Gasteiger partial charge in [0.05, 0.1) is 12.2 Å². The SMILES string of the molecule is COCCNC(=O)c1cc(Cl)cc(S(=O)(=O)Cl)c1F. The Hall–Kier alpha value is -0.890. The van der Waals surface area contributed by atoms with Gasteiger partial charge in [-0.3, -0.25) is 4.79 Å². The van der Waals surface area contributed by atoms with Gasteiger partial charge in [0, 0.05) is 29.4 Å². The van der Waals surface area contributed by atoms with E-state index in [0.29, 0.717) is 0 Å². The smallest absolute Gasteiger partial charge is 0.264 e. The van der Waals surface area contributed by atoms with E-state index in [4.69, 9.17) is 27.0 Å². The van der Waals surface area contributed by atoms with E-state index in [0.717, 1.165) is 12.1 Å². The maximum Gasteiger partial charge on any atom is 0.264 e. The number of methoxy groups -OCH3 is 1. The monoisotopic (exact) mass is 329 g/mol. The standard InChI is InChI=1S/C10H10Cl2FNO4S/c1-18-3-2-14-10(15)7-4-6(11)5-8(9(7)13)19(12,16)17/h4-5H,2-3H2,1H3,(H,14,15). The van der Waals surface area contributed by atoms with Gasteiger partial charge in [-0.15, -0.1) is 0 Å². The average molecular weight is 330 g/mol. The van der Waals surface area contributed by atoms with Crippen LogP contribution < -0.4 is 5.32 Å². The molecular formula is C10H10Cl2FNO4S. The first-order valence-corrected chi connectivity index (χ1v) is 7.67. The summed E-state index contributed by atoms with van der Waals surface area (Å²) < 4.78 is 40.9. The maximum absolute atomic E-state index is 13.9. The molecule has 1 aromatic carbocycles. The van der Waals surface area contributed by atoms with Gasteiger partial charge >= 0.3 is 0 Å². The fraction of sp³-hybridized carbons (Fsp3) is 0.300. The van der Waals surface area contributed by atoms with Gasteiger partial charge in [0.25, 0.3) is 15.0 Å². The molecule has 106 valence electrons. The second kappa shape index (κ2) is 6.51. The molecule has 0 atom stereocenters. The number of benzene rings is 1. The molecule has 1 aromatic rings. The molecule has 0 aliphatic heterocycles. The summed E-state index contributed by atoms with van der Waals surface area (Å²) in [6.45, 7) is 0.374. The predicted molar refractivity (Wildman–Crippen MR) is 68.7 cm³/mol. The van der Waals surface area contributed by atoms with Crippen molar-refractivity contribution in [1.82, 2.24) is 5.32 Å². The number of carbonyl (C=O) groups excluding carboxylic acids is 1. The first-order valence-electron chi connectivity index (χ1n) is 4.98. The van der Waals surface area contributed by atoms with Crippen LogP contribution in [0.25, 0.3) is 0 Å². The van der Waals surface area contributed by atoms with Crippen LogP contribution >= 0.6 is 22.3 Å². The van der Waals surface area contributed by atoms with Crippen LogP contribution in [0.15, 0.2) is 17.0 Å². The molecule has 0 aromatic heterocycles. The maximum atomic E-state index is 13.9. The number of hydrogen-bond acceptors (Lipinski definition) is 4. The third kappa shape index (κ3) is 4.31. The molecule has 0 spiro atoms. The number of amides is 1. The molecule has 0 aliphatic rings. The van der Waals surface area contributed by atoms with Gasteiger partial charge in [-0.25, -0.2) is 12.8 Å². The normalized spacial score (nSPS) is 11.4. The lowest BCUT2D eigenvalue weighted by Crippen LogP contribution is -2.28. The summed E-state index contributed by atoms with van der Waals surface area (Å²) in [4.78, 5) is 10.8. The molecule has 1 N–H and O–H groups in total. The largest absolute Gasteiger partial charge is 0.383 e. The van der Waals surface area contributed by atoms with Gasteiger partial charge in [-0.05, 0) is 12.1 Å². The summed E-state index contributed by atoms with van der Waals surface area (Å²) in [5.74, 6) is -2.05. The van der Waals surface area contributed by atoms with E-state index < -0.39 is 31.2 Å². The summed E-state index contributed by atoms with van der Waals surface area (Å²) in [5.41, 5.74) is -0.497. The van der Waals surface area contributed by atoms with Crippen molar-refractivity contribution in [2.75, 3.05) is 20.3 Å². The van der Waals surface area contributed by atoms with Crippen molar-refractivity contribution < 1.29 is 22.3 Å². The topological polar surface area (TPSA) is 72.5 Å². The lowest BCUT2D eigenvalue weighted by molar-refractivity contribution is 0.0932. The summed E-state index contributed by atoms with van der Waals surface area (Å²) in [7, 11) is 2.17. The lowest BCUT2D eigenvalue weighted by Gasteiger charge is -2.08. The van der Waals surface area contributed by atoms with E-state index in [1.165, 1.54) is 7.11 Å². The predicted octanol–water partition coefficient (Wildman–Crippen LogP) is 1.78. The van der Waals surface area contributed by atoms with Crippen LogP contribution in [0.5, 0.6) is 0 Å². The number of hydrogen-bond donors (Lipinski definition) is 1. The van der Waals surface area contributed by atoms with Crippen molar-refractivity contribution in [3.05, 3.63) is 28.5 Å². The van der Waals surface area contributed by atoms with Crippen molar-refractivity contribution in [3.8, 4) is 0 Å². The van der Waals surface area contributed by atoms with Gasteiger partial charge in [0.1, 0.15) is 4.90 Å². The van der Waals surface area contributed by atoms with Crippen LogP contribution in [0.1, 0.15) is 10.4 Å². The number of rotatable bonds is 5. The van der Waals surface area contributed by atoms with Crippen molar-refractivity contribution in [2.24, 2.45) is 0 Å². The van der Waals surface area contributed by atoms with Gasteiger partial charge in [-0.1, -0.05) is 11.6 Å². The van der Waals surface area contributed by atoms with E-state index in [9.17, 15) is 17.6 Å². The summed E-state index contributed by atoms with van der Waals surface area (Å²) >= 11 is 5.64. The minimum absolute atomic E-state index is 0.113. The molecule has 9 heteroatoms. The molecule has 5 nitrogen and oxygen atoms in total. The molecule has 1 amide bonds. The Bertz CT molecular complexity index is 591. The molecule has 0 unspecified atom stereocenters. The van der Waals surface area contributed by atoms with E-state index in [1.807, 2.05) is 0 Å². The highest BCUT2D eigenvalue weighted by Crippen LogP contribution is 2.26. The van der Waals surface area contributed by atoms with Crippen LogP contribution in [-0.4, -0.2) is 34.6 Å². The Morgan fingerprint density at radius 3 is 2.63 bits per heavy atom. The Labute approximate surface area is 119 Å². The molecule has 0 bridgehead atoms. The van der Waals surface area contributed by atoms with Crippen LogP contribution in [-0.2, 0) is 13.8 Å². The molecule has 0 radical (unpaired) electrons. The second-order valence-corrected chi connectivity index (χ2v) is 6.42. The fourth-order valence-corrected chi connectivity index (χ4v) is 2.48. The molecule has 19 heavy (non-hydrogen) atoms. The Balaban J connectivity index is 3.15. The molecular weight excluding hydrogens is 320 g/mol. The van der Waals surface area contributed by atoms with Gasteiger partial charge in [0.15, 0.2) is 5.82 Å².